The SMILES string of the molecule is COc1ccccc1/C=C/C(=O)NCCOc1ccc2ccccc2c1. The maximum Gasteiger partial charge on any atom is 0.244 e. The molecule has 4 nitrogen and oxygen atoms in total. The van der Waals surface area contributed by atoms with Gasteiger partial charge in [-0.3, -0.25) is 4.79 Å². The zero-order valence-corrected chi connectivity index (χ0v) is 14.6. The summed E-state index contributed by atoms with van der Waals surface area (Å²) in [7, 11) is 1.61. The Balaban J connectivity index is 1.46. The minimum Gasteiger partial charge on any atom is -0.496 e. The van der Waals surface area contributed by atoms with Crippen LogP contribution in [0.15, 0.2) is 72.8 Å². The van der Waals surface area contributed by atoms with E-state index in [4.69, 9.17) is 9.47 Å². The standard InChI is InChI=1S/C22H21NO3/c1-25-21-9-5-4-7-18(21)11-13-22(24)23-14-15-26-20-12-10-17-6-2-3-8-19(17)16-20/h2-13,16H,14-15H2,1H3,(H,23,24)/b13-11+. The van der Waals surface area contributed by atoms with Gasteiger partial charge in [-0.05, 0) is 35.0 Å². The fraction of sp³-hybridized carbons (Fsp3) is 0.136. The number of benzene rings is 3. The van der Waals surface area contributed by atoms with Gasteiger partial charge in [0.1, 0.15) is 18.1 Å². The van der Waals surface area contributed by atoms with Gasteiger partial charge in [-0.25, -0.2) is 0 Å². The van der Waals surface area contributed by atoms with E-state index in [1.54, 1.807) is 13.2 Å². The number of rotatable bonds is 7. The van der Waals surface area contributed by atoms with E-state index in [0.29, 0.717) is 13.2 Å². The Hall–Kier alpha value is -3.27. The van der Waals surface area contributed by atoms with E-state index in [9.17, 15) is 4.79 Å². The third-order valence-electron chi connectivity index (χ3n) is 3.94. The van der Waals surface area contributed by atoms with E-state index in [-0.39, 0.29) is 5.91 Å². The van der Waals surface area contributed by atoms with E-state index in [2.05, 4.69) is 11.4 Å². The first kappa shape index (κ1) is 17.5. The zero-order chi connectivity index (χ0) is 18.2. The lowest BCUT2D eigenvalue weighted by Gasteiger charge is -2.08. The number of amides is 1. The topological polar surface area (TPSA) is 47.6 Å². The summed E-state index contributed by atoms with van der Waals surface area (Å²) in [5, 5.41) is 5.11. The molecule has 0 spiro atoms. The summed E-state index contributed by atoms with van der Waals surface area (Å²) in [5.41, 5.74) is 0.859. The summed E-state index contributed by atoms with van der Waals surface area (Å²) in [5.74, 6) is 1.36. The molecule has 0 saturated heterocycles. The summed E-state index contributed by atoms with van der Waals surface area (Å²) in [6, 6.07) is 21.6. The Bertz CT molecular complexity index is 918. The quantitative estimate of drug-likeness (QED) is 0.518. The highest BCUT2D eigenvalue weighted by Gasteiger charge is 2.00. The highest BCUT2D eigenvalue weighted by atomic mass is 16.5. The van der Waals surface area contributed by atoms with Crippen molar-refractivity contribution in [1.82, 2.24) is 5.32 Å². The third kappa shape index (κ3) is 4.63. The molecule has 4 heteroatoms. The van der Waals surface area contributed by atoms with Crippen LogP contribution in [0.4, 0.5) is 0 Å². The molecule has 0 saturated carbocycles. The molecule has 0 fully saturated rings. The second kappa shape index (κ2) is 8.72. The van der Waals surface area contributed by atoms with Crippen LogP contribution in [0.5, 0.6) is 11.5 Å². The van der Waals surface area contributed by atoms with Gasteiger partial charge in [-0.15, -0.1) is 0 Å². The van der Waals surface area contributed by atoms with Gasteiger partial charge in [-0.1, -0.05) is 48.5 Å². The first-order chi connectivity index (χ1) is 12.8. The maximum atomic E-state index is 11.9. The van der Waals surface area contributed by atoms with Crippen LogP contribution in [0.25, 0.3) is 16.8 Å². The summed E-state index contributed by atoms with van der Waals surface area (Å²) in [6.45, 7) is 0.842. The van der Waals surface area contributed by atoms with Crippen molar-refractivity contribution in [3.63, 3.8) is 0 Å². The summed E-state index contributed by atoms with van der Waals surface area (Å²) >= 11 is 0. The molecular formula is C22H21NO3. The molecule has 0 bridgehead atoms. The molecule has 0 unspecified atom stereocenters. The molecule has 0 aliphatic rings. The van der Waals surface area contributed by atoms with Crippen molar-refractivity contribution in [3.05, 3.63) is 78.4 Å². The lowest BCUT2D eigenvalue weighted by Crippen LogP contribution is -2.26. The number of fused-ring (bicyclic) bond motifs is 1. The Morgan fingerprint density at radius 2 is 1.77 bits per heavy atom. The fourth-order valence-electron chi connectivity index (χ4n) is 2.63. The van der Waals surface area contributed by atoms with Crippen molar-refractivity contribution in [3.8, 4) is 11.5 Å². The normalized spacial score (nSPS) is 10.8. The predicted octanol–water partition coefficient (Wildman–Crippen LogP) is 4.06. The van der Waals surface area contributed by atoms with Crippen LogP contribution in [0.2, 0.25) is 0 Å². The Morgan fingerprint density at radius 1 is 1.00 bits per heavy atom. The van der Waals surface area contributed by atoms with Gasteiger partial charge in [0, 0.05) is 11.6 Å². The monoisotopic (exact) mass is 347 g/mol. The molecule has 0 aliphatic carbocycles. The van der Waals surface area contributed by atoms with Gasteiger partial charge >= 0.3 is 0 Å². The molecule has 3 rings (SSSR count). The molecule has 132 valence electrons. The van der Waals surface area contributed by atoms with Crippen LogP contribution in [-0.4, -0.2) is 26.2 Å². The third-order valence-corrected chi connectivity index (χ3v) is 3.94. The van der Waals surface area contributed by atoms with Gasteiger partial charge in [0.05, 0.1) is 13.7 Å². The second-order valence-corrected chi connectivity index (χ2v) is 5.72. The predicted molar refractivity (Wildman–Crippen MR) is 104 cm³/mol. The molecule has 1 amide bonds. The maximum absolute atomic E-state index is 11.9. The van der Waals surface area contributed by atoms with E-state index in [1.165, 1.54) is 11.5 Å². The molecule has 0 aliphatic heterocycles. The van der Waals surface area contributed by atoms with E-state index in [0.717, 1.165) is 22.4 Å². The summed E-state index contributed by atoms with van der Waals surface area (Å²) in [6.07, 6.45) is 3.23. The van der Waals surface area contributed by atoms with E-state index >= 15 is 0 Å². The first-order valence-electron chi connectivity index (χ1n) is 8.47. The smallest absolute Gasteiger partial charge is 0.244 e. The molecule has 3 aromatic carbocycles. The van der Waals surface area contributed by atoms with E-state index < -0.39 is 0 Å². The highest BCUT2D eigenvalue weighted by Crippen LogP contribution is 2.20. The minimum absolute atomic E-state index is 0.169. The molecule has 26 heavy (non-hydrogen) atoms. The van der Waals surface area contributed by atoms with Crippen molar-refractivity contribution >= 4 is 22.8 Å². The van der Waals surface area contributed by atoms with Crippen molar-refractivity contribution in [1.29, 1.82) is 0 Å². The van der Waals surface area contributed by atoms with Crippen LogP contribution in [0.1, 0.15) is 5.56 Å². The van der Waals surface area contributed by atoms with Crippen LogP contribution in [0, 0.1) is 0 Å². The van der Waals surface area contributed by atoms with Gasteiger partial charge in [-0.2, -0.15) is 0 Å². The Kier molecular flexibility index (Phi) is 5.88. The van der Waals surface area contributed by atoms with Crippen molar-refractivity contribution in [2.45, 2.75) is 0 Å². The van der Waals surface area contributed by atoms with Crippen molar-refractivity contribution < 1.29 is 14.3 Å². The largest absolute Gasteiger partial charge is 0.496 e. The summed E-state index contributed by atoms with van der Waals surface area (Å²) < 4.78 is 11.0. The lowest BCUT2D eigenvalue weighted by molar-refractivity contribution is -0.116. The number of hydrogen-bond donors (Lipinski definition) is 1. The number of nitrogens with one attached hydrogen (secondary N) is 1. The van der Waals surface area contributed by atoms with Crippen LogP contribution in [0.3, 0.4) is 0 Å². The fourth-order valence-corrected chi connectivity index (χ4v) is 2.63. The van der Waals surface area contributed by atoms with Crippen LogP contribution in [-0.2, 0) is 4.79 Å². The van der Waals surface area contributed by atoms with Crippen LogP contribution < -0.4 is 14.8 Å². The first-order valence-corrected chi connectivity index (χ1v) is 8.47. The molecule has 0 aromatic heterocycles. The highest BCUT2D eigenvalue weighted by molar-refractivity contribution is 5.92. The molecule has 0 radical (unpaired) electrons. The molecule has 1 N–H and O–H groups in total. The molecule has 0 heterocycles. The van der Waals surface area contributed by atoms with Crippen molar-refractivity contribution in [2.75, 3.05) is 20.3 Å². The number of para-hydroxylation sites is 1. The Labute approximate surface area is 153 Å². The Morgan fingerprint density at radius 3 is 2.62 bits per heavy atom. The number of hydrogen-bond acceptors (Lipinski definition) is 3. The van der Waals surface area contributed by atoms with Gasteiger partial charge in [0.25, 0.3) is 0 Å². The van der Waals surface area contributed by atoms with Gasteiger partial charge < -0.3 is 14.8 Å². The van der Waals surface area contributed by atoms with Gasteiger partial charge in [0.2, 0.25) is 5.91 Å². The van der Waals surface area contributed by atoms with Crippen LogP contribution >= 0.6 is 0 Å². The zero-order valence-electron chi connectivity index (χ0n) is 14.6. The molecular weight excluding hydrogens is 326 g/mol. The van der Waals surface area contributed by atoms with Crippen molar-refractivity contribution in [2.24, 2.45) is 0 Å². The second-order valence-electron chi connectivity index (χ2n) is 5.72. The number of carbonyl (C=O) groups is 1. The minimum atomic E-state index is -0.169. The number of ether oxygens (including phenoxy) is 2. The van der Waals surface area contributed by atoms with Gasteiger partial charge in [0.15, 0.2) is 0 Å². The number of carbonyl (C=O) groups excluding carboxylic acids is 1. The van der Waals surface area contributed by atoms with E-state index in [1.807, 2.05) is 60.7 Å². The average molecular weight is 347 g/mol. The molecule has 0 atom stereocenters. The summed E-state index contributed by atoms with van der Waals surface area (Å²) in [4.78, 5) is 11.9. The molecule has 3 aromatic rings. The average Bonchev–Trinajstić information content (AvgIpc) is 2.69. The lowest BCUT2D eigenvalue weighted by atomic mass is 10.1. The number of methoxy groups -OCH3 is 1.